The Kier molecular flexibility index (Phi) is 5.49. The molecular weight excluding hydrogens is 374 g/mol. The summed E-state index contributed by atoms with van der Waals surface area (Å²) in [6, 6.07) is 10.1. The maximum Gasteiger partial charge on any atom is 0.307 e. The fourth-order valence-electron chi connectivity index (χ4n) is 2.94. The summed E-state index contributed by atoms with van der Waals surface area (Å²) >= 11 is 0. The Labute approximate surface area is 166 Å². The number of nitrogens with zero attached hydrogens (tertiary/aromatic N) is 2. The van der Waals surface area contributed by atoms with Gasteiger partial charge in [0.2, 0.25) is 0 Å². The number of hydrogen-bond donors (Lipinski definition) is 4. The number of aromatic nitrogens is 2. The van der Waals surface area contributed by atoms with Crippen molar-refractivity contribution >= 4 is 28.7 Å². The molecule has 0 saturated carbocycles. The Balaban J connectivity index is 1.90. The van der Waals surface area contributed by atoms with E-state index in [0.717, 1.165) is 5.56 Å². The Bertz CT molecular complexity index is 1100. The number of fused-ring (bicyclic) bond motifs is 1. The fourth-order valence-corrected chi connectivity index (χ4v) is 2.94. The largest absolute Gasteiger partial charge is 0.507 e. The number of ether oxygens (including phenoxy) is 1. The van der Waals surface area contributed by atoms with E-state index in [1.807, 2.05) is 0 Å². The number of methoxy groups -OCH3 is 1. The van der Waals surface area contributed by atoms with Gasteiger partial charge in [0, 0.05) is 30.8 Å². The van der Waals surface area contributed by atoms with Crippen molar-refractivity contribution in [3.05, 3.63) is 47.5 Å². The molecule has 0 aliphatic carbocycles. The van der Waals surface area contributed by atoms with Gasteiger partial charge in [-0.3, -0.25) is 15.0 Å². The predicted molar refractivity (Wildman–Crippen MR) is 108 cm³/mol. The summed E-state index contributed by atoms with van der Waals surface area (Å²) in [5.74, 6) is -0.511. The lowest BCUT2D eigenvalue weighted by Crippen LogP contribution is -2.26. The lowest BCUT2D eigenvalue weighted by molar-refractivity contribution is -0.140. The Morgan fingerprint density at radius 3 is 2.59 bits per heavy atom. The molecule has 9 heteroatoms. The topological polar surface area (TPSA) is 143 Å². The number of aromatic hydroxyl groups is 1. The summed E-state index contributed by atoms with van der Waals surface area (Å²) in [4.78, 5) is 28.1. The fraction of sp³-hybridized carbons (Fsp3) is 0.200. The zero-order chi connectivity index (χ0) is 21.1. The summed E-state index contributed by atoms with van der Waals surface area (Å²) < 4.78 is 6.33. The number of rotatable bonds is 6. The van der Waals surface area contributed by atoms with Crippen LogP contribution < -0.4 is 11.1 Å². The highest BCUT2D eigenvalue weighted by molar-refractivity contribution is 6.01. The van der Waals surface area contributed by atoms with E-state index in [0.29, 0.717) is 22.4 Å². The molecule has 2 aromatic carbocycles. The minimum Gasteiger partial charge on any atom is -0.507 e. The van der Waals surface area contributed by atoms with E-state index < -0.39 is 11.9 Å². The molecular formula is C20H21N5O4. The molecule has 0 fully saturated rings. The molecule has 3 aromatic rings. The van der Waals surface area contributed by atoms with Crippen LogP contribution in [0.1, 0.15) is 22.3 Å². The number of nitrogen functional groups attached to an aromatic ring is 1. The van der Waals surface area contributed by atoms with Crippen molar-refractivity contribution in [3.8, 4) is 17.1 Å². The number of aryl methyl sites for hydroxylation is 1. The van der Waals surface area contributed by atoms with Crippen LogP contribution in [0.4, 0.5) is 0 Å². The molecule has 9 nitrogen and oxygen atoms in total. The number of nitrogens with two attached hydrogens (primary N) is 1. The number of hydrogen-bond acceptors (Lipinski definition) is 6. The summed E-state index contributed by atoms with van der Waals surface area (Å²) in [5, 5.41) is 20.4. The van der Waals surface area contributed by atoms with Crippen LogP contribution in [0, 0.1) is 5.41 Å². The zero-order valence-corrected chi connectivity index (χ0v) is 16.0. The van der Waals surface area contributed by atoms with Gasteiger partial charge in [-0.25, -0.2) is 4.98 Å². The second kappa shape index (κ2) is 8.01. The van der Waals surface area contributed by atoms with Crippen molar-refractivity contribution in [3.63, 3.8) is 0 Å². The summed E-state index contributed by atoms with van der Waals surface area (Å²) in [5.41, 5.74) is 8.15. The second-order valence-electron chi connectivity index (χ2n) is 6.43. The number of imidazole rings is 1. The van der Waals surface area contributed by atoms with Crippen LogP contribution in [0.15, 0.2) is 36.4 Å². The van der Waals surface area contributed by atoms with Crippen LogP contribution in [0.2, 0.25) is 0 Å². The Hall–Kier alpha value is -3.88. The first-order valence-electron chi connectivity index (χ1n) is 8.81. The van der Waals surface area contributed by atoms with Crippen molar-refractivity contribution in [2.45, 2.75) is 6.42 Å². The highest BCUT2D eigenvalue weighted by Crippen LogP contribution is 2.29. The molecule has 0 aliphatic rings. The van der Waals surface area contributed by atoms with E-state index in [2.05, 4.69) is 15.0 Å². The molecule has 1 heterocycles. The maximum absolute atomic E-state index is 12.4. The first-order valence-corrected chi connectivity index (χ1v) is 8.81. The summed E-state index contributed by atoms with van der Waals surface area (Å²) in [6.07, 6.45) is 0.0369. The minimum absolute atomic E-state index is 0.0191. The lowest BCUT2D eigenvalue weighted by Gasteiger charge is -2.07. The van der Waals surface area contributed by atoms with Crippen molar-refractivity contribution < 1.29 is 19.4 Å². The number of nitrogens with one attached hydrogen (secondary N) is 2. The van der Waals surface area contributed by atoms with Crippen LogP contribution in [0.5, 0.6) is 5.75 Å². The molecule has 150 valence electrons. The molecule has 0 spiro atoms. The average Bonchev–Trinajstić information content (AvgIpc) is 3.02. The number of esters is 1. The Morgan fingerprint density at radius 1 is 1.28 bits per heavy atom. The lowest BCUT2D eigenvalue weighted by atomic mass is 10.1. The monoisotopic (exact) mass is 395 g/mol. The van der Waals surface area contributed by atoms with Crippen molar-refractivity contribution in [2.75, 3.05) is 13.7 Å². The smallest absolute Gasteiger partial charge is 0.307 e. The second-order valence-corrected chi connectivity index (χ2v) is 6.43. The predicted octanol–water partition coefficient (Wildman–Crippen LogP) is 1.52. The summed E-state index contributed by atoms with van der Waals surface area (Å²) in [7, 11) is 3.08. The van der Waals surface area contributed by atoms with E-state index in [9.17, 15) is 14.7 Å². The number of phenols is 1. The van der Waals surface area contributed by atoms with Gasteiger partial charge in [0.25, 0.3) is 5.91 Å². The molecule has 0 aliphatic heterocycles. The number of amidine groups is 1. The first-order chi connectivity index (χ1) is 13.8. The van der Waals surface area contributed by atoms with Gasteiger partial charge in [-0.1, -0.05) is 24.3 Å². The van der Waals surface area contributed by atoms with Crippen LogP contribution in [0.3, 0.4) is 0 Å². The van der Waals surface area contributed by atoms with E-state index in [1.54, 1.807) is 35.9 Å². The van der Waals surface area contributed by atoms with E-state index in [1.165, 1.54) is 19.2 Å². The number of phenolic OH excluding ortho intramolecular Hbond substituents is 1. The van der Waals surface area contributed by atoms with Gasteiger partial charge in [0.05, 0.1) is 30.1 Å². The number of benzene rings is 2. The van der Waals surface area contributed by atoms with Gasteiger partial charge in [-0.2, -0.15) is 0 Å². The zero-order valence-electron chi connectivity index (χ0n) is 16.0. The van der Waals surface area contributed by atoms with Crippen LogP contribution in [-0.4, -0.2) is 46.0 Å². The maximum atomic E-state index is 12.4. The number of carbonyl (C=O) groups excluding carboxylic acids is 2. The molecule has 0 bridgehead atoms. The van der Waals surface area contributed by atoms with E-state index in [4.69, 9.17) is 11.1 Å². The van der Waals surface area contributed by atoms with Gasteiger partial charge in [0.1, 0.15) is 17.4 Å². The van der Waals surface area contributed by atoms with Gasteiger partial charge < -0.3 is 25.5 Å². The SMILES string of the molecule is COC(=O)CCNC(=O)c1cc2nc(-c3ccc(C(=N)N)cc3)n(C)c2cc1O. The number of amides is 1. The highest BCUT2D eigenvalue weighted by atomic mass is 16.5. The normalized spacial score (nSPS) is 10.7. The van der Waals surface area contributed by atoms with Crippen molar-refractivity contribution in [1.29, 1.82) is 5.41 Å². The molecule has 3 rings (SSSR count). The van der Waals surface area contributed by atoms with Gasteiger partial charge in [-0.15, -0.1) is 0 Å². The molecule has 0 saturated heterocycles. The summed E-state index contributed by atoms with van der Waals surface area (Å²) in [6.45, 7) is 0.0962. The highest BCUT2D eigenvalue weighted by Gasteiger charge is 2.17. The molecule has 0 radical (unpaired) electrons. The molecule has 29 heavy (non-hydrogen) atoms. The Morgan fingerprint density at radius 2 is 1.97 bits per heavy atom. The average molecular weight is 395 g/mol. The third-order valence-corrected chi connectivity index (χ3v) is 4.54. The van der Waals surface area contributed by atoms with Crippen LogP contribution in [0.25, 0.3) is 22.4 Å². The minimum atomic E-state index is -0.508. The first kappa shape index (κ1) is 19.9. The number of carbonyl (C=O) groups is 2. The van der Waals surface area contributed by atoms with E-state index >= 15 is 0 Å². The van der Waals surface area contributed by atoms with Gasteiger partial charge in [-0.05, 0) is 6.07 Å². The van der Waals surface area contributed by atoms with Crippen molar-refractivity contribution in [1.82, 2.24) is 14.9 Å². The molecule has 0 atom stereocenters. The van der Waals surface area contributed by atoms with E-state index in [-0.39, 0.29) is 30.1 Å². The standard InChI is InChI=1S/C20H21N5O4/c1-25-15-10-16(26)13(20(28)23-8-7-17(27)29-2)9-14(15)24-19(25)12-5-3-11(4-6-12)18(21)22/h3-6,9-10,26H,7-8H2,1-2H3,(H3,21,22)(H,23,28). The van der Waals surface area contributed by atoms with Gasteiger partial charge in [0.15, 0.2) is 0 Å². The quantitative estimate of drug-likeness (QED) is 0.283. The third kappa shape index (κ3) is 4.03. The van der Waals surface area contributed by atoms with Gasteiger partial charge >= 0.3 is 5.97 Å². The van der Waals surface area contributed by atoms with Crippen LogP contribution in [-0.2, 0) is 16.6 Å². The molecule has 1 amide bonds. The molecule has 1 aromatic heterocycles. The van der Waals surface area contributed by atoms with Crippen LogP contribution >= 0.6 is 0 Å². The molecule has 0 unspecified atom stereocenters. The van der Waals surface area contributed by atoms with Crippen molar-refractivity contribution in [2.24, 2.45) is 12.8 Å². The third-order valence-electron chi connectivity index (χ3n) is 4.54. The molecule has 5 N–H and O–H groups in total.